The van der Waals surface area contributed by atoms with Crippen molar-refractivity contribution >= 4 is 11.8 Å². The van der Waals surface area contributed by atoms with Gasteiger partial charge in [-0.15, -0.1) is 0 Å². The van der Waals surface area contributed by atoms with Gasteiger partial charge in [0.05, 0.1) is 25.2 Å². The molecule has 2 heterocycles. The van der Waals surface area contributed by atoms with Crippen LogP contribution in [0.2, 0.25) is 0 Å². The fourth-order valence-corrected chi connectivity index (χ4v) is 3.75. The quantitative estimate of drug-likeness (QED) is 0.791. The van der Waals surface area contributed by atoms with Gasteiger partial charge in [0.25, 0.3) is 0 Å². The van der Waals surface area contributed by atoms with Crippen LogP contribution >= 0.6 is 0 Å². The summed E-state index contributed by atoms with van der Waals surface area (Å²) in [7, 11) is 1.88. The summed E-state index contributed by atoms with van der Waals surface area (Å²) in [6, 6.07) is 0.184. The first-order valence-electron chi connectivity index (χ1n) is 9.25. The normalized spacial score (nSPS) is 31.3. The summed E-state index contributed by atoms with van der Waals surface area (Å²) in [6.07, 6.45) is 3.61. The Morgan fingerprint density at radius 3 is 2.33 bits per heavy atom. The van der Waals surface area contributed by atoms with Gasteiger partial charge in [0.2, 0.25) is 11.8 Å². The smallest absolute Gasteiger partial charge is 0.226 e. The maximum atomic E-state index is 12.4. The van der Waals surface area contributed by atoms with Gasteiger partial charge >= 0.3 is 0 Å². The Hall–Kier alpha value is -1.10. The van der Waals surface area contributed by atoms with Gasteiger partial charge in [-0.2, -0.15) is 0 Å². The Bertz CT molecular complexity index is 513. The number of likely N-dealkylation sites (tertiary alicyclic amines) is 1. The van der Waals surface area contributed by atoms with Crippen LogP contribution in [0.15, 0.2) is 0 Å². The average molecular weight is 336 g/mol. The van der Waals surface area contributed by atoms with Crippen LogP contribution in [-0.4, -0.2) is 60.5 Å². The van der Waals surface area contributed by atoms with E-state index in [9.17, 15) is 9.59 Å². The lowest BCUT2D eigenvalue weighted by atomic mass is 9.84. The molecule has 0 spiro atoms. The van der Waals surface area contributed by atoms with Crippen LogP contribution in [0.25, 0.3) is 0 Å². The predicted molar refractivity (Wildman–Crippen MR) is 92.4 cm³/mol. The van der Waals surface area contributed by atoms with Gasteiger partial charge in [0.15, 0.2) is 0 Å². The van der Waals surface area contributed by atoms with Crippen molar-refractivity contribution in [1.82, 2.24) is 9.80 Å². The van der Waals surface area contributed by atoms with E-state index in [-0.39, 0.29) is 40.7 Å². The lowest BCUT2D eigenvalue weighted by molar-refractivity contribution is -0.149. The Kier molecular flexibility index (Phi) is 4.44. The van der Waals surface area contributed by atoms with E-state index in [0.717, 1.165) is 25.9 Å². The zero-order valence-electron chi connectivity index (χ0n) is 15.8. The summed E-state index contributed by atoms with van der Waals surface area (Å²) in [4.78, 5) is 28.5. The van der Waals surface area contributed by atoms with E-state index in [1.54, 1.807) is 0 Å². The largest absolute Gasteiger partial charge is 0.377 e. The molecule has 5 heteroatoms. The summed E-state index contributed by atoms with van der Waals surface area (Å²) in [6.45, 7) is 10.8. The highest BCUT2D eigenvalue weighted by atomic mass is 16.5. The number of nitrogens with zero attached hydrogens (tertiary/aromatic N) is 2. The number of hydrogen-bond acceptors (Lipinski definition) is 3. The maximum absolute atomic E-state index is 12.4. The molecule has 136 valence electrons. The molecule has 2 amide bonds. The zero-order chi connectivity index (χ0) is 17.7. The van der Waals surface area contributed by atoms with E-state index in [1.165, 1.54) is 0 Å². The van der Waals surface area contributed by atoms with Gasteiger partial charge in [0, 0.05) is 26.1 Å². The van der Waals surface area contributed by atoms with Crippen LogP contribution in [0, 0.1) is 16.7 Å². The minimum atomic E-state index is 0.0659. The summed E-state index contributed by atoms with van der Waals surface area (Å²) in [5.74, 6) is 0.588. The van der Waals surface area contributed by atoms with Crippen molar-refractivity contribution in [3.63, 3.8) is 0 Å². The molecule has 1 unspecified atom stereocenters. The molecule has 3 aliphatic rings. The molecule has 1 saturated carbocycles. The van der Waals surface area contributed by atoms with Crippen LogP contribution in [0.4, 0.5) is 0 Å². The number of carbonyl (C=O) groups is 2. The molecule has 3 fully saturated rings. The SMILES string of the molecule is CN(C(=O)[C@H]1CC1(C)C)C1CN(C(=O)CC2CCC(C)(C)CO2)C1. The van der Waals surface area contributed by atoms with Crippen molar-refractivity contribution in [2.75, 3.05) is 26.7 Å². The van der Waals surface area contributed by atoms with Crippen LogP contribution < -0.4 is 0 Å². The average Bonchev–Trinajstić information content (AvgIpc) is 3.07. The number of ether oxygens (including phenoxy) is 1. The maximum Gasteiger partial charge on any atom is 0.226 e. The molecule has 24 heavy (non-hydrogen) atoms. The second-order valence-corrected chi connectivity index (χ2v) is 9.49. The number of amides is 2. The molecule has 0 N–H and O–H groups in total. The first-order chi connectivity index (χ1) is 11.1. The fraction of sp³-hybridized carbons (Fsp3) is 0.895. The number of carbonyl (C=O) groups excluding carboxylic acids is 2. The molecule has 0 radical (unpaired) electrons. The molecule has 0 aromatic carbocycles. The third-order valence-electron chi connectivity index (χ3n) is 6.18. The Balaban J connectivity index is 1.40. The van der Waals surface area contributed by atoms with Crippen molar-refractivity contribution in [1.29, 1.82) is 0 Å². The van der Waals surface area contributed by atoms with E-state index in [4.69, 9.17) is 4.74 Å². The van der Waals surface area contributed by atoms with Crippen molar-refractivity contribution in [2.24, 2.45) is 16.7 Å². The van der Waals surface area contributed by atoms with Gasteiger partial charge in [-0.3, -0.25) is 9.59 Å². The van der Waals surface area contributed by atoms with Gasteiger partial charge in [-0.25, -0.2) is 0 Å². The second-order valence-electron chi connectivity index (χ2n) is 9.49. The molecule has 1 aliphatic carbocycles. The van der Waals surface area contributed by atoms with Crippen molar-refractivity contribution in [3.05, 3.63) is 0 Å². The van der Waals surface area contributed by atoms with E-state index in [1.807, 2.05) is 16.8 Å². The fourth-order valence-electron chi connectivity index (χ4n) is 3.75. The van der Waals surface area contributed by atoms with E-state index < -0.39 is 0 Å². The molecule has 2 atom stereocenters. The molecule has 3 rings (SSSR count). The third-order valence-corrected chi connectivity index (χ3v) is 6.18. The lowest BCUT2D eigenvalue weighted by Crippen LogP contribution is -2.62. The van der Waals surface area contributed by atoms with E-state index >= 15 is 0 Å². The molecule has 2 saturated heterocycles. The molecular formula is C19H32N2O3. The monoisotopic (exact) mass is 336 g/mol. The lowest BCUT2D eigenvalue weighted by Gasteiger charge is -2.45. The van der Waals surface area contributed by atoms with Crippen LogP contribution in [0.1, 0.15) is 53.4 Å². The minimum absolute atomic E-state index is 0.0659. The molecule has 2 aliphatic heterocycles. The Morgan fingerprint density at radius 2 is 1.83 bits per heavy atom. The van der Waals surface area contributed by atoms with Crippen LogP contribution in [0.3, 0.4) is 0 Å². The zero-order valence-corrected chi connectivity index (χ0v) is 15.8. The summed E-state index contributed by atoms with van der Waals surface area (Å²) in [5, 5.41) is 0. The number of likely N-dealkylation sites (N-methyl/N-ethyl adjacent to an activating group) is 1. The van der Waals surface area contributed by atoms with Crippen LogP contribution in [-0.2, 0) is 14.3 Å². The predicted octanol–water partition coefficient (Wildman–Crippen LogP) is 2.30. The van der Waals surface area contributed by atoms with Crippen molar-refractivity contribution in [3.8, 4) is 0 Å². The Morgan fingerprint density at radius 1 is 1.21 bits per heavy atom. The second kappa shape index (κ2) is 6.01. The van der Waals surface area contributed by atoms with Crippen molar-refractivity contribution < 1.29 is 14.3 Å². The Labute approximate surface area is 145 Å². The van der Waals surface area contributed by atoms with Crippen LogP contribution in [0.5, 0.6) is 0 Å². The summed E-state index contributed by atoms with van der Waals surface area (Å²) in [5.41, 5.74) is 0.401. The number of hydrogen-bond donors (Lipinski definition) is 0. The molecule has 0 bridgehead atoms. The standard InChI is InChI=1S/C19H32N2O3/c1-18(2)7-6-14(24-12-18)8-16(22)21-10-13(11-21)20(5)17(23)15-9-19(15,3)4/h13-15H,6-12H2,1-5H3/t14?,15-/m1/s1. The van der Waals surface area contributed by atoms with Gasteiger partial charge in [0.1, 0.15) is 0 Å². The van der Waals surface area contributed by atoms with E-state index in [2.05, 4.69) is 27.7 Å². The van der Waals surface area contributed by atoms with Gasteiger partial charge in [-0.1, -0.05) is 27.7 Å². The summed E-state index contributed by atoms with van der Waals surface area (Å²) >= 11 is 0. The highest BCUT2D eigenvalue weighted by Crippen LogP contribution is 2.52. The highest BCUT2D eigenvalue weighted by molar-refractivity contribution is 5.83. The molecule has 0 aromatic rings. The minimum Gasteiger partial charge on any atom is -0.377 e. The summed E-state index contributed by atoms with van der Waals surface area (Å²) < 4.78 is 5.85. The third kappa shape index (κ3) is 3.61. The number of rotatable bonds is 4. The van der Waals surface area contributed by atoms with Gasteiger partial charge in [-0.05, 0) is 30.1 Å². The van der Waals surface area contributed by atoms with Gasteiger partial charge < -0.3 is 14.5 Å². The first kappa shape index (κ1) is 17.7. The molecular weight excluding hydrogens is 304 g/mol. The molecule has 5 nitrogen and oxygen atoms in total. The topological polar surface area (TPSA) is 49.9 Å². The first-order valence-corrected chi connectivity index (χ1v) is 9.25. The van der Waals surface area contributed by atoms with Crippen molar-refractivity contribution in [2.45, 2.75) is 65.5 Å². The van der Waals surface area contributed by atoms with E-state index in [0.29, 0.717) is 19.5 Å². The molecule has 0 aromatic heterocycles. The highest BCUT2D eigenvalue weighted by Gasteiger charge is 2.53.